The van der Waals surface area contributed by atoms with Crippen molar-refractivity contribution in [3.8, 4) is 0 Å². The molecule has 2 rings (SSSR count). The van der Waals surface area contributed by atoms with Gasteiger partial charge in [0.25, 0.3) is 0 Å². The molecule has 32 heavy (non-hydrogen) atoms. The molecule has 0 radical (unpaired) electrons. The molecule has 9 heteroatoms. The van der Waals surface area contributed by atoms with E-state index in [-0.39, 0.29) is 13.2 Å². The summed E-state index contributed by atoms with van der Waals surface area (Å²) in [6, 6.07) is 0. The number of fused-ring (bicyclic) bond motifs is 1. The monoisotopic (exact) mass is 456 g/mol. The van der Waals surface area contributed by atoms with Gasteiger partial charge in [-0.05, 0) is 62.3 Å². The maximum atomic E-state index is 12.7. The highest BCUT2D eigenvalue weighted by molar-refractivity contribution is 5.83. The summed E-state index contributed by atoms with van der Waals surface area (Å²) in [6.45, 7) is 15.4. The molecule has 0 aromatic heterocycles. The van der Waals surface area contributed by atoms with E-state index < -0.39 is 59.1 Å². The van der Waals surface area contributed by atoms with E-state index in [9.17, 15) is 14.4 Å². The summed E-state index contributed by atoms with van der Waals surface area (Å²) in [7, 11) is 0. The Bertz CT molecular complexity index is 754. The van der Waals surface area contributed by atoms with Crippen LogP contribution in [-0.2, 0) is 42.8 Å². The zero-order valence-electron chi connectivity index (χ0n) is 20.5. The zero-order chi connectivity index (χ0) is 24.5. The normalized spacial score (nSPS) is 27.0. The molecule has 0 spiro atoms. The molecule has 0 bridgehead atoms. The summed E-state index contributed by atoms with van der Waals surface area (Å²) in [5.74, 6) is -2.48. The molecule has 0 aromatic carbocycles. The van der Waals surface area contributed by atoms with Crippen LogP contribution in [0.4, 0.5) is 0 Å². The summed E-state index contributed by atoms with van der Waals surface area (Å²) in [6.07, 6.45) is -2.19. The predicted molar refractivity (Wildman–Crippen MR) is 113 cm³/mol. The molecule has 2 aliphatic heterocycles. The van der Waals surface area contributed by atoms with Gasteiger partial charge in [-0.2, -0.15) is 0 Å². The van der Waals surface area contributed by atoms with Crippen molar-refractivity contribution in [2.24, 2.45) is 10.8 Å². The third-order valence-corrected chi connectivity index (χ3v) is 4.77. The molecule has 2 aliphatic rings. The van der Waals surface area contributed by atoms with Crippen molar-refractivity contribution < 1.29 is 42.8 Å². The van der Waals surface area contributed by atoms with Crippen LogP contribution in [0.25, 0.3) is 0 Å². The first-order valence-electron chi connectivity index (χ1n) is 10.8. The van der Waals surface area contributed by atoms with Gasteiger partial charge >= 0.3 is 17.9 Å². The molecule has 2 heterocycles. The molecule has 182 valence electrons. The first kappa shape index (κ1) is 26.3. The van der Waals surface area contributed by atoms with Crippen LogP contribution in [-0.4, -0.2) is 61.5 Å². The molecular formula is C23H36O9. The van der Waals surface area contributed by atoms with Gasteiger partial charge in [0.2, 0.25) is 0 Å². The van der Waals surface area contributed by atoms with Crippen molar-refractivity contribution in [2.45, 2.75) is 92.7 Å². The van der Waals surface area contributed by atoms with E-state index in [1.54, 1.807) is 62.3 Å². The molecule has 9 nitrogen and oxygen atoms in total. The molecule has 2 fully saturated rings. The Hall–Kier alpha value is -1.97. The first-order chi connectivity index (χ1) is 14.5. The van der Waals surface area contributed by atoms with Crippen molar-refractivity contribution in [1.29, 1.82) is 0 Å². The Kier molecular flexibility index (Phi) is 7.79. The van der Waals surface area contributed by atoms with E-state index in [2.05, 4.69) is 0 Å². The van der Waals surface area contributed by atoms with E-state index >= 15 is 0 Å². The van der Waals surface area contributed by atoms with Gasteiger partial charge in [-0.25, -0.2) is 4.79 Å². The lowest BCUT2D eigenvalue weighted by atomic mass is 9.96. The van der Waals surface area contributed by atoms with Gasteiger partial charge in [0.1, 0.15) is 18.8 Å². The molecule has 4 atom stereocenters. The first-order valence-corrected chi connectivity index (χ1v) is 10.8. The molecule has 0 aromatic rings. The SMILES string of the molecule is CCOC(=O)/C=C1/[C@H]2OC(C)(C)O[C@H]2O[C@@H]1[C@@H](COC(=O)C(C)(C)C)OC(=O)C(C)(C)C. The number of carbonyl (C=O) groups is 3. The Morgan fingerprint density at radius 3 is 2.12 bits per heavy atom. The van der Waals surface area contributed by atoms with Crippen LogP contribution >= 0.6 is 0 Å². The second-order valence-corrected chi connectivity index (χ2v) is 10.4. The number of rotatable bonds is 6. The lowest BCUT2D eigenvalue weighted by Gasteiger charge is -2.30. The Morgan fingerprint density at radius 2 is 1.59 bits per heavy atom. The Labute approximate surface area is 189 Å². The Morgan fingerprint density at radius 1 is 1.00 bits per heavy atom. The summed E-state index contributed by atoms with van der Waals surface area (Å²) >= 11 is 0. The molecule has 0 N–H and O–H groups in total. The van der Waals surface area contributed by atoms with E-state index in [1.807, 2.05) is 0 Å². The number of hydrogen-bond acceptors (Lipinski definition) is 9. The van der Waals surface area contributed by atoms with Gasteiger partial charge in [-0.15, -0.1) is 0 Å². The van der Waals surface area contributed by atoms with Crippen molar-refractivity contribution in [1.82, 2.24) is 0 Å². The maximum absolute atomic E-state index is 12.7. The standard InChI is InChI=1S/C23H36O9/c1-10-27-15(24)11-13-16(30-18-17(13)31-23(8,9)32-18)14(29-20(26)22(5,6)7)12-28-19(25)21(2,3)4/h11,14,16-18H,10,12H2,1-9H3/b13-11+/t14-,16+,17-,18-/m1/s1. The highest BCUT2D eigenvalue weighted by Crippen LogP contribution is 2.42. The van der Waals surface area contributed by atoms with E-state index in [0.717, 1.165) is 0 Å². The molecule has 2 saturated heterocycles. The molecular weight excluding hydrogens is 420 g/mol. The minimum Gasteiger partial charge on any atom is -0.463 e. The predicted octanol–water partition coefficient (Wildman–Crippen LogP) is 2.90. The second-order valence-electron chi connectivity index (χ2n) is 10.4. The molecule has 0 amide bonds. The van der Waals surface area contributed by atoms with Crippen LogP contribution in [0.2, 0.25) is 0 Å². The lowest BCUT2D eigenvalue weighted by Crippen LogP contribution is -2.42. The average Bonchev–Trinajstić information content (AvgIpc) is 3.09. The quantitative estimate of drug-likeness (QED) is 0.339. The third kappa shape index (κ3) is 6.52. The fourth-order valence-electron chi connectivity index (χ4n) is 3.10. The van der Waals surface area contributed by atoms with Crippen molar-refractivity contribution >= 4 is 17.9 Å². The van der Waals surface area contributed by atoms with Crippen LogP contribution in [0.1, 0.15) is 62.3 Å². The van der Waals surface area contributed by atoms with E-state index in [1.165, 1.54) is 6.08 Å². The zero-order valence-corrected chi connectivity index (χ0v) is 20.5. The lowest BCUT2D eigenvalue weighted by molar-refractivity contribution is -0.216. The van der Waals surface area contributed by atoms with Crippen molar-refractivity contribution in [3.63, 3.8) is 0 Å². The Balaban J connectivity index is 2.36. The minimum atomic E-state index is -1.02. The topological polar surface area (TPSA) is 107 Å². The van der Waals surface area contributed by atoms with Gasteiger partial charge in [0, 0.05) is 11.6 Å². The van der Waals surface area contributed by atoms with Crippen molar-refractivity contribution in [2.75, 3.05) is 13.2 Å². The van der Waals surface area contributed by atoms with E-state index in [0.29, 0.717) is 5.57 Å². The van der Waals surface area contributed by atoms with Crippen LogP contribution in [0.3, 0.4) is 0 Å². The minimum absolute atomic E-state index is 0.191. The maximum Gasteiger partial charge on any atom is 0.330 e. The largest absolute Gasteiger partial charge is 0.463 e. The summed E-state index contributed by atoms with van der Waals surface area (Å²) in [5.41, 5.74) is -1.15. The van der Waals surface area contributed by atoms with Crippen LogP contribution in [0, 0.1) is 10.8 Å². The van der Waals surface area contributed by atoms with Gasteiger partial charge in [-0.1, -0.05) is 0 Å². The van der Waals surface area contributed by atoms with Gasteiger partial charge in [-0.3, -0.25) is 9.59 Å². The number of carbonyl (C=O) groups excluding carboxylic acids is 3. The molecule has 0 unspecified atom stereocenters. The number of hydrogen-bond donors (Lipinski definition) is 0. The van der Waals surface area contributed by atoms with E-state index in [4.69, 9.17) is 28.4 Å². The number of esters is 3. The van der Waals surface area contributed by atoms with Gasteiger partial charge in [0.05, 0.1) is 17.4 Å². The highest BCUT2D eigenvalue weighted by atomic mass is 16.8. The van der Waals surface area contributed by atoms with Gasteiger partial charge < -0.3 is 28.4 Å². The number of ether oxygens (including phenoxy) is 6. The second kappa shape index (κ2) is 9.49. The summed E-state index contributed by atoms with van der Waals surface area (Å²) in [5, 5.41) is 0. The van der Waals surface area contributed by atoms with Crippen LogP contribution in [0.5, 0.6) is 0 Å². The fraction of sp³-hybridized carbons (Fsp3) is 0.783. The van der Waals surface area contributed by atoms with Crippen LogP contribution in [0.15, 0.2) is 11.6 Å². The smallest absolute Gasteiger partial charge is 0.330 e. The van der Waals surface area contributed by atoms with Crippen LogP contribution < -0.4 is 0 Å². The summed E-state index contributed by atoms with van der Waals surface area (Å²) in [4.78, 5) is 37.3. The summed E-state index contributed by atoms with van der Waals surface area (Å²) < 4.78 is 33.9. The van der Waals surface area contributed by atoms with Gasteiger partial charge in [0.15, 0.2) is 18.2 Å². The third-order valence-electron chi connectivity index (χ3n) is 4.77. The molecule has 0 saturated carbocycles. The fourth-order valence-corrected chi connectivity index (χ4v) is 3.10. The highest BCUT2D eigenvalue weighted by Gasteiger charge is 2.55. The average molecular weight is 457 g/mol. The molecule has 0 aliphatic carbocycles. The van der Waals surface area contributed by atoms with Crippen molar-refractivity contribution in [3.05, 3.63) is 11.6 Å².